The van der Waals surface area contributed by atoms with Crippen LogP contribution in [0.5, 0.6) is 0 Å². The van der Waals surface area contributed by atoms with E-state index in [1.54, 1.807) is 0 Å². The molecule has 1 N–H and O–H groups in total. The SMILES string of the molecule is CCC1(CN2CCCC(C)(C)C2)CCNCC1. The van der Waals surface area contributed by atoms with Gasteiger partial charge in [0.2, 0.25) is 0 Å². The van der Waals surface area contributed by atoms with Crippen LogP contribution in [0.25, 0.3) is 0 Å². The quantitative estimate of drug-likeness (QED) is 0.813. The number of likely N-dealkylation sites (tertiary alicyclic amines) is 1. The molecule has 2 nitrogen and oxygen atoms in total. The summed E-state index contributed by atoms with van der Waals surface area (Å²) in [5, 5.41) is 3.51. The second kappa shape index (κ2) is 5.27. The van der Waals surface area contributed by atoms with E-state index in [9.17, 15) is 0 Å². The summed E-state index contributed by atoms with van der Waals surface area (Å²) in [4.78, 5) is 2.75. The van der Waals surface area contributed by atoms with E-state index in [0.717, 1.165) is 0 Å². The van der Waals surface area contributed by atoms with Gasteiger partial charge in [0.05, 0.1) is 0 Å². The smallest absolute Gasteiger partial charge is 0.00390 e. The molecule has 0 unspecified atom stereocenters. The van der Waals surface area contributed by atoms with Gasteiger partial charge >= 0.3 is 0 Å². The number of rotatable bonds is 3. The van der Waals surface area contributed by atoms with Crippen molar-refractivity contribution >= 4 is 0 Å². The molecule has 0 aromatic carbocycles. The Labute approximate surface area is 107 Å². The minimum atomic E-state index is 0.542. The molecule has 2 aliphatic rings. The fraction of sp³-hybridized carbons (Fsp3) is 1.00. The predicted molar refractivity (Wildman–Crippen MR) is 74.3 cm³/mol. The molecule has 0 aromatic heterocycles. The molecule has 0 atom stereocenters. The van der Waals surface area contributed by atoms with E-state index < -0.39 is 0 Å². The summed E-state index contributed by atoms with van der Waals surface area (Å²) in [5.41, 5.74) is 1.15. The number of piperidine rings is 2. The van der Waals surface area contributed by atoms with Crippen LogP contribution in [0.2, 0.25) is 0 Å². The summed E-state index contributed by atoms with van der Waals surface area (Å²) in [7, 11) is 0. The molecule has 100 valence electrons. The van der Waals surface area contributed by atoms with Crippen molar-refractivity contribution < 1.29 is 0 Å². The topological polar surface area (TPSA) is 15.3 Å². The lowest BCUT2D eigenvalue weighted by atomic mass is 9.75. The predicted octanol–water partition coefficient (Wildman–Crippen LogP) is 2.89. The monoisotopic (exact) mass is 238 g/mol. The van der Waals surface area contributed by atoms with E-state index in [4.69, 9.17) is 0 Å². The molecule has 2 aliphatic heterocycles. The average molecular weight is 238 g/mol. The van der Waals surface area contributed by atoms with Crippen LogP contribution in [0.1, 0.15) is 52.9 Å². The first-order valence-electron chi connectivity index (χ1n) is 7.48. The highest BCUT2D eigenvalue weighted by molar-refractivity contribution is 4.89. The minimum absolute atomic E-state index is 0.542. The molecule has 0 aliphatic carbocycles. The Morgan fingerprint density at radius 2 is 1.82 bits per heavy atom. The molecule has 2 rings (SSSR count). The summed E-state index contributed by atoms with van der Waals surface area (Å²) in [5.74, 6) is 0. The number of nitrogens with zero attached hydrogens (tertiary/aromatic N) is 1. The van der Waals surface area contributed by atoms with Crippen LogP contribution in [-0.4, -0.2) is 37.6 Å². The summed E-state index contributed by atoms with van der Waals surface area (Å²) in [6.07, 6.45) is 6.90. The molecule has 0 aromatic rings. The third-order valence-corrected chi connectivity index (χ3v) is 4.95. The van der Waals surface area contributed by atoms with Gasteiger partial charge in [0.1, 0.15) is 0 Å². The highest BCUT2D eigenvalue weighted by Crippen LogP contribution is 2.36. The maximum atomic E-state index is 3.51. The second-order valence-electron chi connectivity index (χ2n) is 7.08. The lowest BCUT2D eigenvalue weighted by molar-refractivity contribution is 0.0505. The van der Waals surface area contributed by atoms with Gasteiger partial charge in [0.15, 0.2) is 0 Å². The van der Waals surface area contributed by atoms with Crippen molar-refractivity contribution in [3.05, 3.63) is 0 Å². The Bertz CT molecular complexity index is 241. The largest absolute Gasteiger partial charge is 0.317 e. The zero-order valence-corrected chi connectivity index (χ0v) is 12.0. The zero-order chi connectivity index (χ0) is 12.4. The Morgan fingerprint density at radius 3 is 2.41 bits per heavy atom. The van der Waals surface area contributed by atoms with Crippen molar-refractivity contribution in [2.45, 2.75) is 52.9 Å². The average Bonchev–Trinajstić information content (AvgIpc) is 2.29. The molecule has 0 bridgehead atoms. The Kier molecular flexibility index (Phi) is 4.14. The van der Waals surface area contributed by atoms with Crippen LogP contribution in [0.3, 0.4) is 0 Å². The standard InChI is InChI=1S/C15H30N2/c1-4-15(7-9-16-10-8-15)13-17-11-5-6-14(2,3)12-17/h16H,4-13H2,1-3H3. The second-order valence-corrected chi connectivity index (χ2v) is 7.08. The van der Waals surface area contributed by atoms with Gasteiger partial charge in [-0.05, 0) is 62.6 Å². The van der Waals surface area contributed by atoms with E-state index >= 15 is 0 Å². The van der Waals surface area contributed by atoms with E-state index in [1.807, 2.05) is 0 Å². The fourth-order valence-electron chi connectivity index (χ4n) is 3.73. The molecule has 0 spiro atoms. The zero-order valence-electron chi connectivity index (χ0n) is 12.0. The number of hydrogen-bond donors (Lipinski definition) is 1. The third kappa shape index (κ3) is 3.45. The highest BCUT2D eigenvalue weighted by atomic mass is 15.1. The summed E-state index contributed by atoms with van der Waals surface area (Å²) >= 11 is 0. The molecule has 2 heteroatoms. The number of hydrogen-bond acceptors (Lipinski definition) is 2. The Balaban J connectivity index is 1.93. The van der Waals surface area contributed by atoms with Crippen LogP contribution in [0.15, 0.2) is 0 Å². The molecule has 0 radical (unpaired) electrons. The van der Waals surface area contributed by atoms with E-state index in [0.29, 0.717) is 10.8 Å². The van der Waals surface area contributed by atoms with Crippen molar-refractivity contribution in [3.8, 4) is 0 Å². The molecule has 0 amide bonds. The van der Waals surface area contributed by atoms with E-state index in [2.05, 4.69) is 31.0 Å². The van der Waals surface area contributed by atoms with Crippen LogP contribution < -0.4 is 5.32 Å². The van der Waals surface area contributed by atoms with Gasteiger partial charge in [-0.25, -0.2) is 0 Å². The van der Waals surface area contributed by atoms with Gasteiger partial charge in [-0.3, -0.25) is 0 Å². The molecule has 2 fully saturated rings. The highest BCUT2D eigenvalue weighted by Gasteiger charge is 2.35. The van der Waals surface area contributed by atoms with Crippen LogP contribution in [-0.2, 0) is 0 Å². The van der Waals surface area contributed by atoms with Crippen LogP contribution in [0.4, 0.5) is 0 Å². The molecule has 2 saturated heterocycles. The normalized spacial score (nSPS) is 29.1. The van der Waals surface area contributed by atoms with Gasteiger partial charge in [0.25, 0.3) is 0 Å². The van der Waals surface area contributed by atoms with Gasteiger partial charge in [0, 0.05) is 13.1 Å². The Hall–Kier alpha value is -0.0800. The first-order chi connectivity index (χ1) is 8.05. The molecular formula is C15H30N2. The van der Waals surface area contributed by atoms with E-state index in [1.165, 1.54) is 64.8 Å². The van der Waals surface area contributed by atoms with Gasteiger partial charge < -0.3 is 10.2 Å². The molecular weight excluding hydrogens is 208 g/mol. The van der Waals surface area contributed by atoms with Crippen molar-refractivity contribution in [3.63, 3.8) is 0 Å². The lowest BCUT2D eigenvalue weighted by Gasteiger charge is -2.45. The maximum absolute atomic E-state index is 3.51. The first kappa shape index (κ1) is 13.4. The number of nitrogens with one attached hydrogen (secondary N) is 1. The Morgan fingerprint density at radius 1 is 1.12 bits per heavy atom. The summed E-state index contributed by atoms with van der Waals surface area (Å²) in [6, 6.07) is 0. The van der Waals surface area contributed by atoms with Crippen molar-refractivity contribution in [2.24, 2.45) is 10.8 Å². The summed E-state index contributed by atoms with van der Waals surface area (Å²) < 4.78 is 0. The van der Waals surface area contributed by atoms with Gasteiger partial charge in [-0.2, -0.15) is 0 Å². The molecule has 0 saturated carbocycles. The van der Waals surface area contributed by atoms with Crippen molar-refractivity contribution in [1.29, 1.82) is 0 Å². The van der Waals surface area contributed by atoms with Gasteiger partial charge in [-0.1, -0.05) is 20.8 Å². The fourth-order valence-corrected chi connectivity index (χ4v) is 3.73. The minimum Gasteiger partial charge on any atom is -0.317 e. The maximum Gasteiger partial charge on any atom is 0.00390 e. The van der Waals surface area contributed by atoms with Crippen molar-refractivity contribution in [1.82, 2.24) is 10.2 Å². The van der Waals surface area contributed by atoms with Crippen LogP contribution in [0, 0.1) is 10.8 Å². The van der Waals surface area contributed by atoms with Gasteiger partial charge in [-0.15, -0.1) is 0 Å². The molecule has 17 heavy (non-hydrogen) atoms. The summed E-state index contributed by atoms with van der Waals surface area (Å²) in [6.45, 7) is 13.7. The van der Waals surface area contributed by atoms with Crippen LogP contribution >= 0.6 is 0 Å². The van der Waals surface area contributed by atoms with Crippen molar-refractivity contribution in [2.75, 3.05) is 32.7 Å². The van der Waals surface area contributed by atoms with E-state index in [-0.39, 0.29) is 0 Å². The third-order valence-electron chi connectivity index (χ3n) is 4.95. The lowest BCUT2D eigenvalue weighted by Crippen LogP contribution is -2.48. The molecule has 2 heterocycles. The first-order valence-corrected chi connectivity index (χ1v) is 7.48.